The first-order valence-electron chi connectivity index (χ1n) is 7.93. The number of halogens is 1. The molecule has 0 fully saturated rings. The van der Waals surface area contributed by atoms with E-state index in [2.05, 4.69) is 15.6 Å². The van der Waals surface area contributed by atoms with Crippen LogP contribution in [0, 0.1) is 0 Å². The van der Waals surface area contributed by atoms with Crippen LogP contribution in [0.25, 0.3) is 0 Å². The monoisotopic (exact) mass is 484 g/mol. The zero-order valence-electron chi connectivity index (χ0n) is 15.3. The van der Waals surface area contributed by atoms with Gasteiger partial charge in [0.05, 0.1) is 13.4 Å². The molecule has 1 rings (SSSR count). The van der Waals surface area contributed by atoms with E-state index in [0.717, 1.165) is 11.3 Å². The molecule has 0 radical (unpaired) electrons. The van der Waals surface area contributed by atoms with Crippen molar-refractivity contribution in [2.45, 2.75) is 19.9 Å². The third kappa shape index (κ3) is 9.26. The molecule has 0 aliphatic carbocycles. The minimum atomic E-state index is -3.12. The first-order valence-corrected chi connectivity index (χ1v) is 9.78. The lowest BCUT2D eigenvalue weighted by Gasteiger charge is -2.18. The van der Waals surface area contributed by atoms with Gasteiger partial charge >= 0.3 is 0 Å². The molecule has 9 heteroatoms. The summed E-state index contributed by atoms with van der Waals surface area (Å²) in [7, 11) is 0.224. The van der Waals surface area contributed by atoms with Crippen LogP contribution in [-0.4, -0.2) is 58.7 Å². The summed E-state index contributed by atoms with van der Waals surface area (Å²) in [5, 5.41) is 6.41. The van der Waals surface area contributed by atoms with Gasteiger partial charge in [0, 0.05) is 33.2 Å². The molecule has 0 aliphatic heterocycles. The third-order valence-electron chi connectivity index (χ3n) is 3.54. The van der Waals surface area contributed by atoms with E-state index < -0.39 is 10.0 Å². The van der Waals surface area contributed by atoms with Crippen molar-refractivity contribution < 1.29 is 13.2 Å². The van der Waals surface area contributed by atoms with Crippen LogP contribution in [0.5, 0.6) is 5.75 Å². The van der Waals surface area contributed by atoms with Crippen molar-refractivity contribution in [1.29, 1.82) is 0 Å². The Balaban J connectivity index is 0.00000576. The van der Waals surface area contributed by atoms with E-state index in [1.54, 1.807) is 14.2 Å². The summed E-state index contributed by atoms with van der Waals surface area (Å²) in [5.74, 6) is 1.51. The van der Waals surface area contributed by atoms with Crippen LogP contribution in [-0.2, 0) is 16.6 Å². The fourth-order valence-corrected chi connectivity index (χ4v) is 3.10. The zero-order valence-corrected chi connectivity index (χ0v) is 18.4. The van der Waals surface area contributed by atoms with E-state index in [0.29, 0.717) is 38.6 Å². The van der Waals surface area contributed by atoms with E-state index in [4.69, 9.17) is 4.74 Å². The number of nitrogens with zero attached hydrogens (tertiary/aromatic N) is 2. The number of rotatable bonds is 9. The second-order valence-corrected chi connectivity index (χ2v) is 7.29. The van der Waals surface area contributed by atoms with E-state index in [-0.39, 0.29) is 24.0 Å². The Labute approximate surface area is 168 Å². The quantitative estimate of drug-likeness (QED) is 0.241. The van der Waals surface area contributed by atoms with Gasteiger partial charge in [-0.2, -0.15) is 0 Å². The molecule has 0 amide bonds. The van der Waals surface area contributed by atoms with Crippen LogP contribution in [0.3, 0.4) is 0 Å². The van der Waals surface area contributed by atoms with E-state index in [9.17, 15) is 8.42 Å². The lowest BCUT2D eigenvalue weighted by atomic mass is 10.2. The fourth-order valence-electron chi connectivity index (χ4n) is 2.17. The zero-order chi connectivity index (χ0) is 18.0. The van der Waals surface area contributed by atoms with E-state index in [1.165, 1.54) is 10.6 Å². The summed E-state index contributed by atoms with van der Waals surface area (Å²) in [6, 6.07) is 7.81. The molecule has 7 nitrogen and oxygen atoms in total. The van der Waals surface area contributed by atoms with Crippen molar-refractivity contribution in [2.75, 3.05) is 40.0 Å². The summed E-state index contributed by atoms with van der Waals surface area (Å²) < 4.78 is 29.6. The fraction of sp³-hybridized carbons (Fsp3) is 0.562. The maximum atomic E-state index is 11.5. The number of hydrogen-bond acceptors (Lipinski definition) is 4. The lowest BCUT2D eigenvalue weighted by Crippen LogP contribution is -2.39. The largest absolute Gasteiger partial charge is 0.497 e. The van der Waals surface area contributed by atoms with Gasteiger partial charge < -0.3 is 15.4 Å². The molecular weight excluding hydrogens is 455 g/mol. The Morgan fingerprint density at radius 1 is 1.24 bits per heavy atom. The van der Waals surface area contributed by atoms with Crippen molar-refractivity contribution in [1.82, 2.24) is 14.9 Å². The minimum Gasteiger partial charge on any atom is -0.497 e. The van der Waals surface area contributed by atoms with Crippen molar-refractivity contribution in [2.24, 2.45) is 4.99 Å². The predicted molar refractivity (Wildman–Crippen MR) is 113 cm³/mol. The van der Waals surface area contributed by atoms with Gasteiger partial charge in [-0.3, -0.25) is 4.99 Å². The maximum Gasteiger partial charge on any atom is 0.211 e. The van der Waals surface area contributed by atoms with E-state index in [1.807, 2.05) is 31.2 Å². The van der Waals surface area contributed by atoms with Gasteiger partial charge in [-0.1, -0.05) is 19.1 Å². The molecule has 0 aromatic heterocycles. The molecule has 0 unspecified atom stereocenters. The molecule has 25 heavy (non-hydrogen) atoms. The normalized spacial score (nSPS) is 11.8. The van der Waals surface area contributed by atoms with Gasteiger partial charge in [-0.25, -0.2) is 12.7 Å². The summed E-state index contributed by atoms with van der Waals surface area (Å²) in [4.78, 5) is 4.16. The number of ether oxygens (including phenoxy) is 1. The summed E-state index contributed by atoms with van der Waals surface area (Å²) in [6.07, 6.45) is 1.95. The summed E-state index contributed by atoms with van der Waals surface area (Å²) >= 11 is 0. The van der Waals surface area contributed by atoms with Crippen molar-refractivity contribution in [3.05, 3.63) is 29.8 Å². The first kappa shape index (κ1) is 23.9. The molecule has 0 saturated heterocycles. The molecule has 2 N–H and O–H groups in total. The molecule has 0 bridgehead atoms. The molecular formula is C16H29IN4O3S. The molecule has 1 aromatic carbocycles. The van der Waals surface area contributed by atoms with Crippen LogP contribution >= 0.6 is 24.0 Å². The second-order valence-electron chi connectivity index (χ2n) is 5.31. The molecule has 1 aromatic rings. The molecule has 0 spiro atoms. The Kier molecular flexibility index (Phi) is 11.8. The van der Waals surface area contributed by atoms with Gasteiger partial charge in [0.15, 0.2) is 5.96 Å². The van der Waals surface area contributed by atoms with Crippen LogP contribution in [0.1, 0.15) is 18.9 Å². The predicted octanol–water partition coefficient (Wildman–Crippen LogP) is 1.65. The van der Waals surface area contributed by atoms with E-state index >= 15 is 0 Å². The summed E-state index contributed by atoms with van der Waals surface area (Å²) in [5.41, 5.74) is 1.12. The Bertz CT molecular complexity index is 621. The number of guanidine groups is 1. The van der Waals surface area contributed by atoms with Crippen LogP contribution in [0.15, 0.2) is 29.3 Å². The molecule has 0 heterocycles. The number of aliphatic imine (C=N–C) groups is 1. The molecule has 0 atom stereocenters. The average molecular weight is 484 g/mol. The molecule has 0 saturated carbocycles. The minimum absolute atomic E-state index is 0. The Morgan fingerprint density at radius 3 is 2.36 bits per heavy atom. The van der Waals surface area contributed by atoms with Crippen molar-refractivity contribution in [3.63, 3.8) is 0 Å². The standard InChI is InChI=1S/C16H28N4O3S.HI/c1-5-20(24(4,21)22)12-6-11-18-16(17-2)19-13-14-7-9-15(23-3)10-8-14;/h7-10H,5-6,11-13H2,1-4H3,(H2,17,18,19);1H. The maximum absolute atomic E-state index is 11.5. The van der Waals surface area contributed by atoms with Gasteiger partial charge in [0.1, 0.15) is 5.75 Å². The average Bonchev–Trinajstić information content (AvgIpc) is 2.56. The highest BCUT2D eigenvalue weighted by Crippen LogP contribution is 2.10. The lowest BCUT2D eigenvalue weighted by molar-refractivity contribution is 0.414. The highest BCUT2D eigenvalue weighted by Gasteiger charge is 2.13. The summed E-state index contributed by atoms with van der Waals surface area (Å²) in [6.45, 7) is 4.12. The topological polar surface area (TPSA) is 83.0 Å². The SMILES string of the molecule is CCN(CCCNC(=NC)NCc1ccc(OC)cc1)S(C)(=O)=O.I. The van der Waals surface area contributed by atoms with Crippen LogP contribution in [0.2, 0.25) is 0 Å². The number of sulfonamides is 1. The highest BCUT2D eigenvalue weighted by atomic mass is 127. The van der Waals surface area contributed by atoms with Gasteiger partial charge in [-0.15, -0.1) is 24.0 Å². The Hall–Kier alpha value is -1.07. The van der Waals surface area contributed by atoms with Gasteiger partial charge in [0.2, 0.25) is 10.0 Å². The van der Waals surface area contributed by atoms with Crippen molar-refractivity contribution in [3.8, 4) is 5.75 Å². The molecule has 144 valence electrons. The van der Waals surface area contributed by atoms with Crippen LogP contribution < -0.4 is 15.4 Å². The highest BCUT2D eigenvalue weighted by molar-refractivity contribution is 14.0. The van der Waals surface area contributed by atoms with Crippen LogP contribution in [0.4, 0.5) is 0 Å². The second kappa shape index (κ2) is 12.3. The smallest absolute Gasteiger partial charge is 0.211 e. The number of benzene rings is 1. The third-order valence-corrected chi connectivity index (χ3v) is 4.92. The van der Waals surface area contributed by atoms with Gasteiger partial charge in [0.25, 0.3) is 0 Å². The first-order chi connectivity index (χ1) is 11.4. The molecule has 0 aliphatic rings. The number of methoxy groups -OCH3 is 1. The van der Waals surface area contributed by atoms with Crippen molar-refractivity contribution >= 4 is 40.0 Å². The number of hydrogen-bond donors (Lipinski definition) is 2. The Morgan fingerprint density at radius 2 is 1.88 bits per heavy atom. The van der Waals surface area contributed by atoms with Gasteiger partial charge in [-0.05, 0) is 24.1 Å². The number of nitrogens with one attached hydrogen (secondary N) is 2.